The number of halogens is 3. The summed E-state index contributed by atoms with van der Waals surface area (Å²) in [5, 5.41) is 10.6. The smallest absolute Gasteiger partial charge is 0.355 e. The number of aromatic nitrogens is 4. The quantitative estimate of drug-likeness (QED) is 0.167. The molecular formula is C31H29F3N6O3S. The number of amides is 1. The number of pyridine rings is 2. The van der Waals surface area contributed by atoms with Gasteiger partial charge in [-0.2, -0.15) is 4.98 Å². The maximum absolute atomic E-state index is 15.9. The number of nitrogens with zero attached hydrogens (tertiary/aromatic N) is 6. The van der Waals surface area contributed by atoms with E-state index in [0.717, 1.165) is 12.1 Å². The molecular weight excluding hydrogens is 593 g/mol. The summed E-state index contributed by atoms with van der Waals surface area (Å²) in [5.74, 6) is -4.48. The normalized spacial score (nSPS) is 15.2. The fourth-order valence-electron chi connectivity index (χ4n) is 5.34. The summed E-state index contributed by atoms with van der Waals surface area (Å²) in [6, 6.07) is 5.73. The monoisotopic (exact) mass is 622 g/mol. The molecule has 4 heterocycles. The third-order valence-electron chi connectivity index (χ3n) is 7.42. The number of carbonyl (C=O) groups is 1. The molecule has 1 atom stereocenters. The van der Waals surface area contributed by atoms with Gasteiger partial charge in [0.2, 0.25) is 0 Å². The van der Waals surface area contributed by atoms with Crippen molar-refractivity contribution in [3.63, 3.8) is 0 Å². The first-order valence-corrected chi connectivity index (χ1v) is 14.9. The summed E-state index contributed by atoms with van der Waals surface area (Å²) >= 11 is 1.36. The number of phenols is 1. The number of carbonyl (C=O) groups excluding carboxylic acids is 1. The Morgan fingerprint density at radius 2 is 1.93 bits per heavy atom. The maximum atomic E-state index is 15.9. The number of benzene rings is 1. The molecule has 5 rings (SSSR count). The van der Waals surface area contributed by atoms with Crippen LogP contribution in [0.1, 0.15) is 25.5 Å². The van der Waals surface area contributed by atoms with E-state index in [0.29, 0.717) is 16.3 Å². The highest BCUT2D eigenvalue weighted by Gasteiger charge is 2.33. The van der Waals surface area contributed by atoms with Crippen LogP contribution in [0.4, 0.5) is 19.0 Å². The largest absolute Gasteiger partial charge is 0.507 e. The van der Waals surface area contributed by atoms with Gasteiger partial charge in [0, 0.05) is 30.7 Å². The van der Waals surface area contributed by atoms with Gasteiger partial charge in [-0.3, -0.25) is 9.78 Å². The summed E-state index contributed by atoms with van der Waals surface area (Å²) in [6.45, 7) is 10.9. The zero-order valence-electron chi connectivity index (χ0n) is 24.2. The lowest BCUT2D eigenvalue weighted by molar-refractivity contribution is -0.129. The molecule has 44 heavy (non-hydrogen) atoms. The van der Waals surface area contributed by atoms with Gasteiger partial charge < -0.3 is 14.9 Å². The van der Waals surface area contributed by atoms with Crippen molar-refractivity contribution in [2.24, 2.45) is 0 Å². The molecule has 1 N–H and O–H groups in total. The highest BCUT2D eigenvalue weighted by molar-refractivity contribution is 7.98. The molecule has 0 aliphatic carbocycles. The van der Waals surface area contributed by atoms with Crippen LogP contribution >= 0.6 is 11.8 Å². The van der Waals surface area contributed by atoms with Crippen LogP contribution in [0, 0.1) is 11.6 Å². The number of anilines is 1. The van der Waals surface area contributed by atoms with Crippen LogP contribution in [0.15, 0.2) is 71.3 Å². The van der Waals surface area contributed by atoms with Crippen LogP contribution in [0.3, 0.4) is 0 Å². The Balaban J connectivity index is 1.84. The highest BCUT2D eigenvalue weighted by atomic mass is 32.2. The van der Waals surface area contributed by atoms with Gasteiger partial charge in [-0.15, -0.1) is 18.3 Å². The van der Waals surface area contributed by atoms with E-state index in [9.17, 15) is 23.5 Å². The minimum Gasteiger partial charge on any atom is -0.507 e. The minimum atomic E-state index is -1.11. The molecule has 1 unspecified atom stereocenters. The molecule has 3 aromatic heterocycles. The number of fused-ring (bicyclic) bond motifs is 1. The third-order valence-corrected chi connectivity index (χ3v) is 8.19. The Hall–Kier alpha value is -4.65. The standard InChI is InChI=1S/C31H29F3N6O3S/c1-6-18-15-38(30(42)17(4)32)12-13-39(18)28-19-14-21(34)26(24-20(33)8-7-9-22(24)41)36-29(19)40(31(43)37-28)27-23(44-5)10-11-35-25(27)16(2)3/h6-11,14,16,18,41H,1,4,12-13,15H2,2-3,5H3. The van der Waals surface area contributed by atoms with Gasteiger partial charge >= 0.3 is 5.69 Å². The second kappa shape index (κ2) is 12.2. The van der Waals surface area contributed by atoms with Gasteiger partial charge in [-0.1, -0.05) is 32.6 Å². The van der Waals surface area contributed by atoms with Crippen molar-refractivity contribution in [1.82, 2.24) is 24.4 Å². The topological polar surface area (TPSA) is 104 Å². The van der Waals surface area contributed by atoms with E-state index in [1.807, 2.05) is 20.1 Å². The first-order chi connectivity index (χ1) is 21.0. The molecule has 0 bridgehead atoms. The van der Waals surface area contributed by atoms with Crippen LogP contribution in [-0.2, 0) is 4.79 Å². The lowest BCUT2D eigenvalue weighted by atomic mass is 10.1. The van der Waals surface area contributed by atoms with Crippen LogP contribution in [-0.4, -0.2) is 67.4 Å². The fourth-order valence-corrected chi connectivity index (χ4v) is 5.93. The van der Waals surface area contributed by atoms with Crippen molar-refractivity contribution in [1.29, 1.82) is 0 Å². The van der Waals surface area contributed by atoms with Crippen molar-refractivity contribution >= 4 is 34.5 Å². The van der Waals surface area contributed by atoms with Crippen molar-refractivity contribution in [2.45, 2.75) is 30.7 Å². The molecule has 1 saturated heterocycles. The zero-order chi connectivity index (χ0) is 31.9. The molecule has 1 amide bonds. The van der Waals surface area contributed by atoms with Crippen molar-refractivity contribution in [2.75, 3.05) is 30.8 Å². The Morgan fingerprint density at radius 1 is 1.18 bits per heavy atom. The maximum Gasteiger partial charge on any atom is 0.355 e. The SMILES string of the molecule is C=CC1CN(C(=O)C(=C)F)CCN1c1nc(=O)n(-c2c(SC)ccnc2C(C)C)c2nc(-c3c(O)cccc3F)c(F)cc12. The summed E-state index contributed by atoms with van der Waals surface area (Å²) in [4.78, 5) is 43.3. The number of rotatable bonds is 7. The molecule has 1 fully saturated rings. The molecule has 1 aliphatic heterocycles. The lowest BCUT2D eigenvalue weighted by Gasteiger charge is -2.41. The van der Waals surface area contributed by atoms with Gasteiger partial charge in [-0.25, -0.2) is 27.5 Å². The Labute approximate surface area is 255 Å². The molecule has 13 heteroatoms. The molecule has 9 nitrogen and oxygen atoms in total. The first-order valence-electron chi connectivity index (χ1n) is 13.7. The van der Waals surface area contributed by atoms with Gasteiger partial charge in [0.25, 0.3) is 5.91 Å². The lowest BCUT2D eigenvalue weighted by Crippen LogP contribution is -2.55. The summed E-state index contributed by atoms with van der Waals surface area (Å²) < 4.78 is 45.8. The van der Waals surface area contributed by atoms with Crippen LogP contribution in [0.5, 0.6) is 5.75 Å². The second-order valence-corrected chi connectivity index (χ2v) is 11.3. The average Bonchev–Trinajstić information content (AvgIpc) is 3.00. The average molecular weight is 623 g/mol. The van der Waals surface area contributed by atoms with Gasteiger partial charge in [0.05, 0.1) is 28.4 Å². The van der Waals surface area contributed by atoms with E-state index >= 15 is 4.39 Å². The van der Waals surface area contributed by atoms with Crippen LogP contribution < -0.4 is 10.6 Å². The molecule has 1 aromatic carbocycles. The number of piperazine rings is 1. The van der Waals surface area contributed by atoms with E-state index in [1.165, 1.54) is 39.4 Å². The Morgan fingerprint density at radius 3 is 2.57 bits per heavy atom. The molecule has 0 spiro atoms. The minimum absolute atomic E-state index is 0.00531. The van der Waals surface area contributed by atoms with E-state index in [4.69, 9.17) is 0 Å². The Kier molecular flexibility index (Phi) is 8.51. The fraction of sp³-hybridized carbons (Fsp3) is 0.258. The Bertz CT molecular complexity index is 1860. The summed E-state index contributed by atoms with van der Waals surface area (Å²) in [7, 11) is 0. The van der Waals surface area contributed by atoms with E-state index in [-0.39, 0.29) is 42.4 Å². The number of phenolic OH excluding ortho intramolecular Hbond substituents is 1. The first kappa shape index (κ1) is 30.8. The summed E-state index contributed by atoms with van der Waals surface area (Å²) in [5.41, 5.74) is -0.840. The third kappa shape index (κ3) is 5.32. The number of thioether (sulfide) groups is 1. The molecule has 0 saturated carbocycles. The second-order valence-electron chi connectivity index (χ2n) is 10.4. The highest BCUT2D eigenvalue weighted by Crippen LogP contribution is 2.38. The van der Waals surface area contributed by atoms with E-state index in [2.05, 4.69) is 28.1 Å². The van der Waals surface area contributed by atoms with Crippen LogP contribution in [0.25, 0.3) is 28.0 Å². The number of aromatic hydroxyl groups is 1. The van der Waals surface area contributed by atoms with Crippen molar-refractivity contribution in [3.8, 4) is 22.7 Å². The molecule has 0 radical (unpaired) electrons. The molecule has 1 aliphatic rings. The van der Waals surface area contributed by atoms with Gasteiger partial charge in [0.1, 0.15) is 23.1 Å². The summed E-state index contributed by atoms with van der Waals surface area (Å²) in [6.07, 6.45) is 4.96. The van der Waals surface area contributed by atoms with Gasteiger partial charge in [0.15, 0.2) is 17.3 Å². The predicted molar refractivity (Wildman–Crippen MR) is 164 cm³/mol. The van der Waals surface area contributed by atoms with Crippen molar-refractivity contribution in [3.05, 3.63) is 89.4 Å². The van der Waals surface area contributed by atoms with Crippen molar-refractivity contribution < 1.29 is 23.1 Å². The molecule has 228 valence electrons. The number of hydrogen-bond donors (Lipinski definition) is 1. The number of hydrogen-bond acceptors (Lipinski definition) is 8. The molecule has 4 aromatic rings. The van der Waals surface area contributed by atoms with E-state index < -0.39 is 52.1 Å². The van der Waals surface area contributed by atoms with E-state index in [1.54, 1.807) is 17.2 Å². The zero-order valence-corrected chi connectivity index (χ0v) is 25.0. The predicted octanol–water partition coefficient (Wildman–Crippen LogP) is 5.36. The van der Waals surface area contributed by atoms with Crippen LogP contribution in [0.2, 0.25) is 0 Å². The van der Waals surface area contributed by atoms with Gasteiger partial charge in [-0.05, 0) is 36.4 Å².